The van der Waals surface area contributed by atoms with Crippen molar-refractivity contribution in [2.24, 2.45) is 10.1 Å². The van der Waals surface area contributed by atoms with E-state index in [4.69, 9.17) is 0 Å². The number of carboxylic acids is 1. The number of nitrogens with zero attached hydrogens (tertiary/aromatic N) is 6. The van der Waals surface area contributed by atoms with Crippen LogP contribution in [0.2, 0.25) is 0 Å². The van der Waals surface area contributed by atoms with Gasteiger partial charge in [0.2, 0.25) is 0 Å². The summed E-state index contributed by atoms with van der Waals surface area (Å²) in [6.07, 6.45) is 4.86. The van der Waals surface area contributed by atoms with Crippen molar-refractivity contribution in [1.29, 1.82) is 0 Å². The molecule has 1 aliphatic rings. The third-order valence-electron chi connectivity index (χ3n) is 5.83. The van der Waals surface area contributed by atoms with Gasteiger partial charge >= 0.3 is 5.97 Å². The number of benzene rings is 1. The first kappa shape index (κ1) is 23.9. The van der Waals surface area contributed by atoms with E-state index in [0.29, 0.717) is 34.7 Å². The van der Waals surface area contributed by atoms with Gasteiger partial charge in [0.25, 0.3) is 0 Å². The van der Waals surface area contributed by atoms with Crippen LogP contribution >= 0.6 is 0 Å². The quantitative estimate of drug-likeness (QED) is 0.394. The fourth-order valence-electron chi connectivity index (χ4n) is 4.02. The number of fused-ring (bicyclic) bond motifs is 1. The minimum Gasteiger partial charge on any atom is -0.478 e. The number of hydrogen-bond donors (Lipinski definition) is 1. The highest BCUT2D eigenvalue weighted by Crippen LogP contribution is 2.31. The Morgan fingerprint density at radius 1 is 1.29 bits per heavy atom. The van der Waals surface area contributed by atoms with Gasteiger partial charge in [-0.1, -0.05) is 30.3 Å². The molecule has 0 saturated carbocycles. The molecule has 0 saturated heterocycles. The van der Waals surface area contributed by atoms with Gasteiger partial charge < -0.3 is 14.6 Å². The molecule has 3 heterocycles. The number of hydrogen-bond acceptors (Lipinski definition) is 6. The summed E-state index contributed by atoms with van der Waals surface area (Å²) in [5.41, 5.74) is 2.81. The predicted octanol–water partition coefficient (Wildman–Crippen LogP) is 4.77. The molecule has 0 atom stereocenters. The highest BCUT2D eigenvalue weighted by atomic mass is 19.1. The Labute approximate surface area is 203 Å². The Kier molecular flexibility index (Phi) is 6.50. The second kappa shape index (κ2) is 9.54. The second-order valence-electron chi connectivity index (χ2n) is 8.62. The Balaban J connectivity index is 1.93. The molecule has 2 aromatic heterocycles. The van der Waals surface area contributed by atoms with Crippen molar-refractivity contribution >= 4 is 29.4 Å². The van der Waals surface area contributed by atoms with E-state index in [1.165, 1.54) is 24.2 Å². The van der Waals surface area contributed by atoms with Gasteiger partial charge in [-0.2, -0.15) is 10.1 Å². The monoisotopic (exact) mass is 474 g/mol. The van der Waals surface area contributed by atoms with Crippen LogP contribution in [0.25, 0.3) is 11.0 Å². The SMILES string of the molecule is C=NN1C(N(C)Cc2ccccc2)=CC(c2cn(C(C)C)c3ncc(F)cc23)=N/C1=C(/C)C(=O)O. The molecule has 180 valence electrons. The molecule has 0 radical (unpaired) electrons. The van der Waals surface area contributed by atoms with Gasteiger partial charge in [-0.25, -0.2) is 19.2 Å². The number of aliphatic imine (C=N–C) groups is 1. The van der Waals surface area contributed by atoms with E-state index in [2.05, 4.69) is 21.8 Å². The molecule has 3 aromatic rings. The summed E-state index contributed by atoms with van der Waals surface area (Å²) in [5.74, 6) is -0.871. The molecule has 8 nitrogen and oxygen atoms in total. The summed E-state index contributed by atoms with van der Waals surface area (Å²) in [5, 5.41) is 15.8. The van der Waals surface area contributed by atoms with Crippen LogP contribution < -0.4 is 0 Å². The van der Waals surface area contributed by atoms with Crippen LogP contribution in [0.4, 0.5) is 4.39 Å². The fourth-order valence-corrected chi connectivity index (χ4v) is 4.02. The maximum Gasteiger partial charge on any atom is 0.335 e. The zero-order valence-electron chi connectivity index (χ0n) is 20.1. The number of aliphatic carboxylic acids is 1. The number of aromatic nitrogens is 2. The Bertz CT molecular complexity index is 1390. The van der Waals surface area contributed by atoms with Gasteiger partial charge in [0, 0.05) is 49.6 Å². The van der Waals surface area contributed by atoms with Crippen LogP contribution in [0.3, 0.4) is 0 Å². The number of rotatable bonds is 7. The first-order valence-corrected chi connectivity index (χ1v) is 11.1. The molecule has 0 amide bonds. The number of allylic oxidation sites excluding steroid dienone is 1. The van der Waals surface area contributed by atoms with Crippen LogP contribution in [0.1, 0.15) is 37.9 Å². The van der Waals surface area contributed by atoms with Crippen molar-refractivity contribution in [1.82, 2.24) is 19.5 Å². The highest BCUT2D eigenvalue weighted by molar-refractivity contribution is 6.17. The summed E-state index contributed by atoms with van der Waals surface area (Å²) < 4.78 is 16.2. The summed E-state index contributed by atoms with van der Waals surface area (Å²) >= 11 is 0. The Hall–Kier alpha value is -4.27. The maximum atomic E-state index is 14.2. The topological polar surface area (TPSA) is 86.3 Å². The first-order valence-electron chi connectivity index (χ1n) is 11.1. The molecular formula is C26H27FN6O2. The maximum absolute atomic E-state index is 14.2. The normalized spacial score (nSPS) is 15.2. The van der Waals surface area contributed by atoms with E-state index in [0.717, 1.165) is 5.56 Å². The van der Waals surface area contributed by atoms with Crippen molar-refractivity contribution in [3.63, 3.8) is 0 Å². The number of pyridine rings is 1. The number of halogens is 1. The van der Waals surface area contributed by atoms with Crippen LogP contribution in [0.15, 0.2) is 82.2 Å². The fraction of sp³-hybridized carbons (Fsp3) is 0.231. The lowest BCUT2D eigenvalue weighted by atomic mass is 10.1. The average molecular weight is 475 g/mol. The number of carboxylic acid groups (broad SMARTS) is 1. The molecule has 0 fully saturated rings. The van der Waals surface area contributed by atoms with Gasteiger partial charge in [-0.05, 0) is 32.4 Å². The number of hydrazone groups is 1. The van der Waals surface area contributed by atoms with Gasteiger partial charge in [-0.3, -0.25) is 0 Å². The van der Waals surface area contributed by atoms with Crippen LogP contribution in [0.5, 0.6) is 0 Å². The van der Waals surface area contributed by atoms with Gasteiger partial charge in [0.15, 0.2) is 5.82 Å². The molecule has 35 heavy (non-hydrogen) atoms. The van der Waals surface area contributed by atoms with E-state index in [-0.39, 0.29) is 17.4 Å². The van der Waals surface area contributed by atoms with E-state index in [1.54, 1.807) is 6.08 Å². The lowest BCUT2D eigenvalue weighted by Gasteiger charge is -2.33. The van der Waals surface area contributed by atoms with Gasteiger partial charge in [0.05, 0.1) is 17.5 Å². The van der Waals surface area contributed by atoms with Crippen molar-refractivity contribution in [2.75, 3.05) is 7.05 Å². The van der Waals surface area contributed by atoms with Crippen molar-refractivity contribution in [2.45, 2.75) is 33.4 Å². The van der Waals surface area contributed by atoms with Gasteiger partial charge in [-0.15, -0.1) is 0 Å². The predicted molar refractivity (Wildman–Crippen MR) is 134 cm³/mol. The third kappa shape index (κ3) is 4.57. The highest BCUT2D eigenvalue weighted by Gasteiger charge is 2.28. The average Bonchev–Trinajstić information content (AvgIpc) is 3.22. The third-order valence-corrected chi connectivity index (χ3v) is 5.83. The molecule has 0 aliphatic carbocycles. The Morgan fingerprint density at radius 3 is 2.63 bits per heavy atom. The molecule has 4 rings (SSSR count). The molecule has 1 aromatic carbocycles. The largest absolute Gasteiger partial charge is 0.478 e. The molecule has 0 unspecified atom stereocenters. The molecule has 9 heteroatoms. The lowest BCUT2D eigenvalue weighted by molar-refractivity contribution is -0.132. The minimum absolute atomic E-state index is 0.00511. The van der Waals surface area contributed by atoms with E-state index in [1.807, 2.05) is 66.9 Å². The van der Waals surface area contributed by atoms with Crippen molar-refractivity contribution in [3.05, 3.63) is 89.0 Å². The van der Waals surface area contributed by atoms with E-state index < -0.39 is 11.8 Å². The molecule has 0 spiro atoms. The molecule has 1 aliphatic heterocycles. The lowest BCUT2D eigenvalue weighted by Crippen LogP contribution is -2.33. The first-order chi connectivity index (χ1) is 16.7. The van der Waals surface area contributed by atoms with E-state index >= 15 is 0 Å². The van der Waals surface area contributed by atoms with Crippen LogP contribution in [-0.4, -0.2) is 50.0 Å². The minimum atomic E-state index is -1.12. The zero-order valence-corrected chi connectivity index (χ0v) is 20.1. The van der Waals surface area contributed by atoms with Gasteiger partial charge in [0.1, 0.15) is 17.3 Å². The summed E-state index contributed by atoms with van der Waals surface area (Å²) in [4.78, 5) is 22.8. The Morgan fingerprint density at radius 2 is 2.00 bits per heavy atom. The summed E-state index contributed by atoms with van der Waals surface area (Å²) in [6, 6.07) is 11.4. The number of carbonyl (C=O) groups is 1. The molecule has 1 N–H and O–H groups in total. The summed E-state index contributed by atoms with van der Waals surface area (Å²) in [7, 11) is 1.88. The smallest absolute Gasteiger partial charge is 0.335 e. The van der Waals surface area contributed by atoms with Crippen molar-refractivity contribution < 1.29 is 14.3 Å². The molecular weight excluding hydrogens is 447 g/mol. The standard InChI is InChI=1S/C26H27FN6O2/c1-16(2)32-15-21(20-11-19(27)13-29-25(20)32)22-12-23(31(5)14-18-9-7-6-8-10-18)33(28-4)24(30-22)17(3)26(34)35/h6-13,15-16H,4,14H2,1-3,5H3,(H,34,35)/b24-17+. The zero-order chi connectivity index (χ0) is 25.3. The van der Waals surface area contributed by atoms with Crippen LogP contribution in [-0.2, 0) is 11.3 Å². The summed E-state index contributed by atoms with van der Waals surface area (Å²) in [6.45, 7) is 9.67. The molecule has 0 bridgehead atoms. The van der Waals surface area contributed by atoms with Crippen molar-refractivity contribution in [3.8, 4) is 0 Å². The van der Waals surface area contributed by atoms with E-state index in [9.17, 15) is 14.3 Å². The second-order valence-corrected chi connectivity index (χ2v) is 8.62. The van der Waals surface area contributed by atoms with Crippen LogP contribution in [0, 0.1) is 5.82 Å².